The van der Waals surface area contributed by atoms with Crippen LogP contribution in [0.4, 0.5) is 10.1 Å². The van der Waals surface area contributed by atoms with Crippen molar-refractivity contribution in [1.29, 1.82) is 5.26 Å². The number of nitriles is 1. The monoisotopic (exact) mass is 392 g/mol. The summed E-state index contributed by atoms with van der Waals surface area (Å²) in [5.41, 5.74) is 0.526. The van der Waals surface area contributed by atoms with Crippen LogP contribution in [0.2, 0.25) is 10.0 Å². The number of rotatable bonds is 6. The Bertz CT molecular complexity index is 860. The second-order valence-electron chi connectivity index (χ2n) is 6.05. The number of amides is 1. The van der Waals surface area contributed by atoms with Crippen LogP contribution >= 0.6 is 23.2 Å². The summed E-state index contributed by atoms with van der Waals surface area (Å²) in [4.78, 5) is 16.4. The molecule has 1 amide bonds. The molecule has 0 radical (unpaired) electrons. The van der Waals surface area contributed by atoms with Crippen molar-refractivity contribution < 1.29 is 9.18 Å². The van der Waals surface area contributed by atoms with Gasteiger partial charge in [-0.2, -0.15) is 5.26 Å². The highest BCUT2D eigenvalue weighted by atomic mass is 35.5. The predicted molar refractivity (Wildman–Crippen MR) is 97.8 cm³/mol. The van der Waals surface area contributed by atoms with Gasteiger partial charge in [0.05, 0.1) is 21.3 Å². The standard InChI is InChI=1S/C18H15Cl2FN4O/c19-12-7-23-8-13(20)17(12)18(26)25-16(10-4-5-10)9-24-15-3-1-2-14(21)11(15)6-22/h1-3,7-8,10,16,24H,4-5,9H2,(H,25,26). The highest BCUT2D eigenvalue weighted by Crippen LogP contribution is 2.33. The highest BCUT2D eigenvalue weighted by Gasteiger charge is 2.33. The molecule has 8 heteroatoms. The van der Waals surface area contributed by atoms with Gasteiger partial charge in [0, 0.05) is 25.0 Å². The zero-order chi connectivity index (χ0) is 18.7. The lowest BCUT2D eigenvalue weighted by atomic mass is 10.1. The van der Waals surface area contributed by atoms with Crippen LogP contribution in [0.25, 0.3) is 0 Å². The van der Waals surface area contributed by atoms with Crippen molar-refractivity contribution in [2.24, 2.45) is 5.92 Å². The summed E-state index contributed by atoms with van der Waals surface area (Å²) in [6, 6.07) is 6.04. The normalized spacial score (nSPS) is 14.4. The van der Waals surface area contributed by atoms with E-state index in [0.29, 0.717) is 18.2 Å². The van der Waals surface area contributed by atoms with E-state index in [-0.39, 0.29) is 33.1 Å². The lowest BCUT2D eigenvalue weighted by molar-refractivity contribution is 0.0934. The van der Waals surface area contributed by atoms with Crippen molar-refractivity contribution in [3.05, 3.63) is 57.6 Å². The van der Waals surface area contributed by atoms with E-state index in [4.69, 9.17) is 28.5 Å². The van der Waals surface area contributed by atoms with Gasteiger partial charge in [-0.05, 0) is 30.9 Å². The van der Waals surface area contributed by atoms with Crippen molar-refractivity contribution in [1.82, 2.24) is 10.3 Å². The minimum atomic E-state index is -0.583. The Kier molecular flexibility index (Phi) is 5.60. The maximum Gasteiger partial charge on any atom is 0.254 e. The van der Waals surface area contributed by atoms with Crippen molar-refractivity contribution in [2.45, 2.75) is 18.9 Å². The number of nitrogens with one attached hydrogen (secondary N) is 2. The summed E-state index contributed by atoms with van der Waals surface area (Å²) in [6.45, 7) is 0.356. The zero-order valence-electron chi connectivity index (χ0n) is 13.6. The fraction of sp³-hybridized carbons (Fsp3) is 0.278. The van der Waals surface area contributed by atoms with E-state index < -0.39 is 5.82 Å². The maximum atomic E-state index is 13.7. The van der Waals surface area contributed by atoms with Crippen LogP contribution < -0.4 is 10.6 Å². The topological polar surface area (TPSA) is 77.8 Å². The molecule has 2 aromatic rings. The molecule has 1 aliphatic rings. The summed E-state index contributed by atoms with van der Waals surface area (Å²) in [7, 11) is 0. The molecule has 3 rings (SSSR count). The maximum absolute atomic E-state index is 13.7. The molecular formula is C18H15Cl2FN4O. The second-order valence-corrected chi connectivity index (χ2v) is 6.87. The van der Waals surface area contributed by atoms with Gasteiger partial charge < -0.3 is 10.6 Å². The van der Waals surface area contributed by atoms with E-state index in [2.05, 4.69) is 15.6 Å². The van der Waals surface area contributed by atoms with Crippen molar-refractivity contribution in [2.75, 3.05) is 11.9 Å². The van der Waals surface area contributed by atoms with Gasteiger partial charge in [0.15, 0.2) is 0 Å². The van der Waals surface area contributed by atoms with Crippen molar-refractivity contribution in [3.8, 4) is 6.07 Å². The van der Waals surface area contributed by atoms with Gasteiger partial charge in [0.1, 0.15) is 17.4 Å². The van der Waals surface area contributed by atoms with Gasteiger partial charge in [-0.3, -0.25) is 9.78 Å². The molecule has 1 fully saturated rings. The number of carbonyl (C=O) groups is 1. The number of pyridine rings is 1. The van der Waals surface area contributed by atoms with Crippen molar-refractivity contribution in [3.63, 3.8) is 0 Å². The summed E-state index contributed by atoms with van der Waals surface area (Å²) in [5, 5.41) is 15.4. The summed E-state index contributed by atoms with van der Waals surface area (Å²) < 4.78 is 13.7. The first kappa shape index (κ1) is 18.4. The van der Waals surface area contributed by atoms with Crippen LogP contribution in [0.3, 0.4) is 0 Å². The first-order valence-electron chi connectivity index (χ1n) is 8.03. The molecule has 1 aromatic heterocycles. The van der Waals surface area contributed by atoms with Gasteiger partial charge in [-0.15, -0.1) is 0 Å². The van der Waals surface area contributed by atoms with E-state index >= 15 is 0 Å². The first-order valence-corrected chi connectivity index (χ1v) is 8.79. The average molecular weight is 393 g/mol. The molecule has 1 heterocycles. The van der Waals surface area contributed by atoms with Crippen LogP contribution in [-0.2, 0) is 0 Å². The number of hydrogen-bond acceptors (Lipinski definition) is 4. The summed E-state index contributed by atoms with van der Waals surface area (Å²) >= 11 is 12.1. The lowest BCUT2D eigenvalue weighted by Crippen LogP contribution is -2.41. The quantitative estimate of drug-likeness (QED) is 0.777. The van der Waals surface area contributed by atoms with Crippen LogP contribution in [0.1, 0.15) is 28.8 Å². The van der Waals surface area contributed by atoms with Crippen LogP contribution in [0.5, 0.6) is 0 Å². The Balaban J connectivity index is 1.72. The van der Waals surface area contributed by atoms with Gasteiger partial charge in [-0.1, -0.05) is 29.3 Å². The van der Waals surface area contributed by atoms with Crippen LogP contribution in [-0.4, -0.2) is 23.5 Å². The van der Waals surface area contributed by atoms with Gasteiger partial charge in [0.25, 0.3) is 5.91 Å². The van der Waals surface area contributed by atoms with Gasteiger partial charge in [0.2, 0.25) is 0 Å². The number of benzene rings is 1. The number of anilines is 1. The third-order valence-corrected chi connectivity index (χ3v) is 4.80. The zero-order valence-corrected chi connectivity index (χ0v) is 15.1. The smallest absolute Gasteiger partial charge is 0.254 e. The Morgan fingerprint density at radius 1 is 1.35 bits per heavy atom. The third kappa shape index (κ3) is 4.06. The Hall–Kier alpha value is -2.36. The molecule has 0 bridgehead atoms. The van der Waals surface area contributed by atoms with Crippen molar-refractivity contribution >= 4 is 34.8 Å². The first-order chi connectivity index (χ1) is 12.5. The Labute approximate surface area is 160 Å². The summed E-state index contributed by atoms with van der Waals surface area (Å²) in [5.74, 6) is -0.661. The van der Waals surface area contributed by atoms with E-state index in [1.165, 1.54) is 24.5 Å². The molecule has 26 heavy (non-hydrogen) atoms. The molecule has 5 nitrogen and oxygen atoms in total. The van der Waals surface area contributed by atoms with Gasteiger partial charge >= 0.3 is 0 Å². The molecule has 1 aromatic carbocycles. The number of carbonyl (C=O) groups excluding carboxylic acids is 1. The lowest BCUT2D eigenvalue weighted by Gasteiger charge is -2.20. The molecule has 1 saturated carbocycles. The molecule has 134 valence electrons. The molecule has 0 spiro atoms. The van der Waals surface area contributed by atoms with Gasteiger partial charge in [-0.25, -0.2) is 4.39 Å². The van der Waals surface area contributed by atoms with E-state index in [1.54, 1.807) is 6.07 Å². The largest absolute Gasteiger partial charge is 0.382 e. The molecular weight excluding hydrogens is 378 g/mol. The predicted octanol–water partition coefficient (Wildman–Crippen LogP) is 4.02. The minimum Gasteiger partial charge on any atom is -0.382 e. The fourth-order valence-electron chi connectivity index (χ4n) is 2.71. The Morgan fingerprint density at radius 2 is 2.04 bits per heavy atom. The third-order valence-electron chi connectivity index (χ3n) is 4.23. The molecule has 1 aliphatic carbocycles. The molecule has 1 atom stereocenters. The van der Waals surface area contributed by atoms with Crippen LogP contribution in [0, 0.1) is 23.1 Å². The fourth-order valence-corrected chi connectivity index (χ4v) is 3.24. The molecule has 1 unspecified atom stereocenters. The SMILES string of the molecule is N#Cc1c(F)cccc1NCC(NC(=O)c1c(Cl)cncc1Cl)C1CC1. The summed E-state index contributed by atoms with van der Waals surface area (Å²) in [6.07, 6.45) is 4.69. The number of hydrogen-bond donors (Lipinski definition) is 2. The number of halogens is 3. The molecule has 2 N–H and O–H groups in total. The molecule has 0 aliphatic heterocycles. The minimum absolute atomic E-state index is 0.0476. The second kappa shape index (κ2) is 7.90. The van der Waals surface area contributed by atoms with E-state index in [0.717, 1.165) is 12.8 Å². The van der Waals surface area contributed by atoms with E-state index in [1.807, 2.05) is 6.07 Å². The Morgan fingerprint density at radius 3 is 2.65 bits per heavy atom. The highest BCUT2D eigenvalue weighted by molar-refractivity contribution is 6.39. The average Bonchev–Trinajstić information content (AvgIpc) is 3.43. The van der Waals surface area contributed by atoms with E-state index in [9.17, 15) is 9.18 Å². The number of nitrogens with zero attached hydrogens (tertiary/aromatic N) is 2. The van der Waals surface area contributed by atoms with Crippen LogP contribution in [0.15, 0.2) is 30.6 Å². The molecule has 0 saturated heterocycles. The number of aromatic nitrogens is 1.